The molecule has 0 fully saturated rings. The Morgan fingerprint density at radius 2 is 1.92 bits per heavy atom. The predicted molar refractivity (Wildman–Crippen MR) is 93.8 cm³/mol. The number of nitrogens with one attached hydrogen (secondary N) is 1. The van der Waals surface area contributed by atoms with Crippen molar-refractivity contribution in [3.8, 4) is 0 Å². The molecule has 1 heterocycles. The minimum Gasteiger partial charge on any atom is -0.326 e. The lowest BCUT2D eigenvalue weighted by molar-refractivity contribution is -0.137. The van der Waals surface area contributed by atoms with Crippen LogP contribution in [0.4, 0.5) is 18.9 Å². The molecule has 136 valence electrons. The van der Waals surface area contributed by atoms with Crippen LogP contribution in [0.15, 0.2) is 38.3 Å². The van der Waals surface area contributed by atoms with E-state index in [1.54, 1.807) is 6.07 Å². The molecular weight excluding hydrogens is 467 g/mol. The third kappa shape index (κ3) is 5.44. The summed E-state index contributed by atoms with van der Waals surface area (Å²) in [5.41, 5.74) is -1.19. The third-order valence-corrected chi connectivity index (χ3v) is 7.26. The predicted octanol–water partition coefficient (Wildman–Crippen LogP) is 4.99. The molecule has 0 saturated heterocycles. The number of anilines is 1. The average Bonchev–Trinajstić information content (AvgIpc) is 2.94. The molecule has 0 atom stereocenters. The highest BCUT2D eigenvalue weighted by Gasteiger charge is 2.33. The number of rotatable bonds is 5. The van der Waals surface area contributed by atoms with E-state index in [0.29, 0.717) is 9.85 Å². The molecular formula is C14H10BrClF3NO3S2. The monoisotopic (exact) mass is 475 g/mol. The van der Waals surface area contributed by atoms with Crippen LogP contribution >= 0.6 is 38.9 Å². The minimum absolute atomic E-state index is 0.109. The molecule has 11 heteroatoms. The molecule has 2 rings (SSSR count). The van der Waals surface area contributed by atoms with Crippen molar-refractivity contribution in [1.29, 1.82) is 0 Å². The first-order chi connectivity index (χ1) is 11.5. The molecule has 1 N–H and O–H groups in total. The summed E-state index contributed by atoms with van der Waals surface area (Å²) in [4.78, 5) is 11.8. The minimum atomic E-state index is -4.66. The first-order valence-electron chi connectivity index (χ1n) is 6.64. The molecule has 25 heavy (non-hydrogen) atoms. The number of benzene rings is 1. The summed E-state index contributed by atoms with van der Waals surface area (Å²) in [6, 6.07) is 5.91. The van der Waals surface area contributed by atoms with Gasteiger partial charge in [-0.2, -0.15) is 13.2 Å². The van der Waals surface area contributed by atoms with Crippen LogP contribution in [0.3, 0.4) is 0 Å². The van der Waals surface area contributed by atoms with Gasteiger partial charge in [0.1, 0.15) is 4.21 Å². The van der Waals surface area contributed by atoms with Crippen molar-refractivity contribution >= 4 is 60.3 Å². The number of amides is 1. The van der Waals surface area contributed by atoms with Crippen LogP contribution in [0.2, 0.25) is 5.02 Å². The van der Waals surface area contributed by atoms with Gasteiger partial charge in [-0.25, -0.2) is 8.42 Å². The number of thiophene rings is 1. The van der Waals surface area contributed by atoms with Gasteiger partial charge in [0.2, 0.25) is 5.91 Å². The summed E-state index contributed by atoms with van der Waals surface area (Å²) in [6.07, 6.45) is -5.05. The lowest BCUT2D eigenvalue weighted by Crippen LogP contribution is -2.17. The molecule has 2 aromatic rings. The van der Waals surface area contributed by atoms with Gasteiger partial charge in [-0.1, -0.05) is 11.6 Å². The second kappa shape index (κ2) is 7.65. The first kappa shape index (κ1) is 20.2. The summed E-state index contributed by atoms with van der Waals surface area (Å²) >= 11 is 9.66. The van der Waals surface area contributed by atoms with Gasteiger partial charge < -0.3 is 5.32 Å². The van der Waals surface area contributed by atoms with E-state index in [1.165, 1.54) is 12.1 Å². The van der Waals surface area contributed by atoms with Crippen molar-refractivity contribution in [1.82, 2.24) is 0 Å². The van der Waals surface area contributed by atoms with E-state index in [4.69, 9.17) is 11.6 Å². The lowest BCUT2D eigenvalue weighted by Gasteiger charge is -2.11. The van der Waals surface area contributed by atoms with Crippen molar-refractivity contribution in [3.63, 3.8) is 0 Å². The quantitative estimate of drug-likeness (QED) is 0.662. The second-order valence-electron chi connectivity index (χ2n) is 4.87. The number of hydrogen-bond donors (Lipinski definition) is 1. The zero-order valence-corrected chi connectivity index (χ0v) is 16.2. The van der Waals surface area contributed by atoms with Gasteiger partial charge in [-0.3, -0.25) is 4.79 Å². The van der Waals surface area contributed by atoms with Gasteiger partial charge in [0.15, 0.2) is 9.84 Å². The fourth-order valence-electron chi connectivity index (χ4n) is 1.84. The van der Waals surface area contributed by atoms with E-state index in [9.17, 15) is 26.4 Å². The molecule has 1 amide bonds. The third-order valence-electron chi connectivity index (χ3n) is 3.01. The van der Waals surface area contributed by atoms with Crippen LogP contribution < -0.4 is 5.32 Å². The van der Waals surface area contributed by atoms with Crippen LogP contribution in [0.5, 0.6) is 0 Å². The van der Waals surface area contributed by atoms with Crippen LogP contribution in [0, 0.1) is 0 Å². The van der Waals surface area contributed by atoms with Crippen LogP contribution in [0.25, 0.3) is 0 Å². The standard InChI is InChI=1S/C14H10BrClF3NO3S2/c15-11-3-4-13(24-11)25(22,23)6-5-12(21)20-8-1-2-10(16)9(7-8)14(17,18)19/h1-4,7H,5-6H2,(H,20,21). The van der Waals surface area contributed by atoms with E-state index in [0.717, 1.165) is 17.4 Å². The van der Waals surface area contributed by atoms with Crippen molar-refractivity contribution in [2.75, 3.05) is 11.1 Å². The highest BCUT2D eigenvalue weighted by molar-refractivity contribution is 9.11. The number of alkyl halides is 3. The smallest absolute Gasteiger partial charge is 0.326 e. The number of carbonyl (C=O) groups is 1. The van der Waals surface area contributed by atoms with E-state index in [-0.39, 0.29) is 16.3 Å². The highest BCUT2D eigenvalue weighted by Crippen LogP contribution is 2.36. The molecule has 1 aromatic heterocycles. The van der Waals surface area contributed by atoms with Gasteiger partial charge in [0, 0.05) is 12.1 Å². The summed E-state index contributed by atoms with van der Waals surface area (Å²) in [5.74, 6) is -1.17. The maximum absolute atomic E-state index is 12.8. The van der Waals surface area contributed by atoms with E-state index < -0.39 is 38.3 Å². The SMILES string of the molecule is O=C(CCS(=O)(=O)c1ccc(Br)s1)Nc1ccc(Cl)c(C(F)(F)F)c1. The molecule has 1 aromatic carbocycles. The van der Waals surface area contributed by atoms with Crippen molar-refractivity contribution < 1.29 is 26.4 Å². The molecule has 0 aliphatic rings. The number of hydrogen-bond acceptors (Lipinski definition) is 4. The number of carbonyl (C=O) groups excluding carboxylic acids is 1. The maximum atomic E-state index is 12.8. The lowest BCUT2D eigenvalue weighted by atomic mass is 10.2. The Balaban J connectivity index is 2.04. The summed E-state index contributed by atoms with van der Waals surface area (Å²) in [6.45, 7) is 0. The van der Waals surface area contributed by atoms with Gasteiger partial charge >= 0.3 is 6.18 Å². The normalized spacial score (nSPS) is 12.2. The Labute approximate surface area is 159 Å². The fourth-order valence-corrected chi connectivity index (χ4v) is 5.46. The van der Waals surface area contributed by atoms with E-state index >= 15 is 0 Å². The topological polar surface area (TPSA) is 63.2 Å². The molecule has 0 bridgehead atoms. The van der Waals surface area contributed by atoms with Crippen LogP contribution in [-0.2, 0) is 20.8 Å². The zero-order chi connectivity index (χ0) is 18.8. The van der Waals surface area contributed by atoms with Gasteiger partial charge in [0.05, 0.1) is 20.1 Å². The van der Waals surface area contributed by atoms with Gasteiger partial charge in [-0.15, -0.1) is 11.3 Å². The van der Waals surface area contributed by atoms with Crippen LogP contribution in [0.1, 0.15) is 12.0 Å². The van der Waals surface area contributed by atoms with Crippen molar-refractivity contribution in [3.05, 3.63) is 44.7 Å². The largest absolute Gasteiger partial charge is 0.417 e. The zero-order valence-electron chi connectivity index (χ0n) is 12.2. The molecule has 0 unspecified atom stereocenters. The maximum Gasteiger partial charge on any atom is 0.417 e. The summed E-state index contributed by atoms with van der Waals surface area (Å²) in [7, 11) is -3.64. The Morgan fingerprint density at radius 1 is 1.24 bits per heavy atom. The van der Waals surface area contributed by atoms with Crippen molar-refractivity contribution in [2.24, 2.45) is 0 Å². The molecule has 0 spiro atoms. The molecule has 0 aliphatic carbocycles. The molecule has 0 saturated carbocycles. The van der Waals surface area contributed by atoms with Gasteiger partial charge in [-0.05, 0) is 46.3 Å². The summed E-state index contributed by atoms with van der Waals surface area (Å²) in [5, 5.41) is 1.75. The Hall–Kier alpha value is -1.10. The second-order valence-corrected chi connectivity index (χ2v) is 10.1. The fraction of sp³-hybridized carbons (Fsp3) is 0.214. The van der Waals surface area contributed by atoms with Gasteiger partial charge in [0.25, 0.3) is 0 Å². The van der Waals surface area contributed by atoms with E-state index in [1.807, 2.05) is 0 Å². The van der Waals surface area contributed by atoms with Crippen molar-refractivity contribution in [2.45, 2.75) is 16.8 Å². The highest BCUT2D eigenvalue weighted by atomic mass is 79.9. The number of sulfone groups is 1. The Morgan fingerprint density at radius 3 is 2.48 bits per heavy atom. The Kier molecular flexibility index (Phi) is 6.18. The first-order valence-corrected chi connectivity index (χ1v) is 10.3. The van der Waals surface area contributed by atoms with Crippen LogP contribution in [-0.4, -0.2) is 20.1 Å². The number of halogens is 5. The molecule has 0 radical (unpaired) electrons. The Bertz CT molecular complexity index is 897. The van der Waals surface area contributed by atoms with E-state index in [2.05, 4.69) is 21.2 Å². The summed E-state index contributed by atoms with van der Waals surface area (Å²) < 4.78 is 63.2. The average molecular weight is 477 g/mol. The molecule has 0 aliphatic heterocycles. The molecule has 4 nitrogen and oxygen atoms in total.